The fourth-order valence-electron chi connectivity index (χ4n) is 4.04. The van der Waals surface area contributed by atoms with Crippen LogP contribution in [0, 0.1) is 0 Å². The second-order valence-electron chi connectivity index (χ2n) is 8.05. The van der Waals surface area contributed by atoms with Crippen LogP contribution in [0.4, 0.5) is 10.2 Å². The van der Waals surface area contributed by atoms with Gasteiger partial charge in [-0.15, -0.1) is 0 Å². The maximum absolute atomic E-state index is 15.5. The number of anilines is 1. The lowest BCUT2D eigenvalue weighted by Gasteiger charge is -2.21. The number of sulfonamides is 1. The maximum Gasteiger partial charge on any atom is 0.341 e. The summed E-state index contributed by atoms with van der Waals surface area (Å²) in [6, 6.07) is 10.3. The van der Waals surface area contributed by atoms with Gasteiger partial charge in [-0.3, -0.25) is 0 Å². The summed E-state index contributed by atoms with van der Waals surface area (Å²) in [5.74, 6) is 0.0555. The standard InChI is InChI=1S/C26H27FN2O6S/c1-4-28(5-2)14-8-10-18-9-6-7-11-24(18)36(31,32)29(27)19-12-13-20-22(15-19)35-17-23-25(20)21(16-34-23)26(30)33-3/h6-13,15-16H,4-5,14,17H2,1-3H3/b10-8-. The second kappa shape index (κ2) is 10.5. The Hall–Kier alpha value is -3.63. The highest BCUT2D eigenvalue weighted by molar-refractivity contribution is 7.92. The minimum atomic E-state index is -4.53. The first-order valence-electron chi connectivity index (χ1n) is 11.5. The minimum absolute atomic E-state index is 0.00197. The molecule has 0 bridgehead atoms. The SMILES string of the molecule is CCN(CC)C/C=C\c1ccccc1S(=O)(=O)N(F)c1ccc2c(c1)OCc1occ(C(=O)OC)c1-2. The van der Waals surface area contributed by atoms with E-state index in [0.29, 0.717) is 29.0 Å². The molecule has 0 radical (unpaired) electrons. The normalized spacial score (nSPS) is 12.8. The highest BCUT2D eigenvalue weighted by Gasteiger charge is 2.31. The van der Waals surface area contributed by atoms with E-state index in [1.165, 1.54) is 37.6 Å². The molecule has 0 amide bonds. The van der Waals surface area contributed by atoms with E-state index in [0.717, 1.165) is 13.1 Å². The number of nitrogens with zero attached hydrogens (tertiary/aromatic N) is 2. The molecule has 0 saturated heterocycles. The third kappa shape index (κ3) is 4.74. The Morgan fingerprint density at radius 2 is 1.92 bits per heavy atom. The first-order valence-corrected chi connectivity index (χ1v) is 12.9. The number of furan rings is 1. The molecule has 0 N–H and O–H groups in total. The van der Waals surface area contributed by atoms with Crippen LogP contribution in [0.15, 0.2) is 64.1 Å². The molecule has 4 rings (SSSR count). The molecular weight excluding hydrogens is 487 g/mol. The summed E-state index contributed by atoms with van der Waals surface area (Å²) in [6.45, 7) is 6.46. The van der Waals surface area contributed by atoms with Crippen molar-refractivity contribution in [2.24, 2.45) is 0 Å². The van der Waals surface area contributed by atoms with Gasteiger partial charge in [-0.25, -0.2) is 4.79 Å². The van der Waals surface area contributed by atoms with Crippen LogP contribution in [0.25, 0.3) is 17.2 Å². The highest BCUT2D eigenvalue weighted by atomic mass is 32.2. The lowest BCUT2D eigenvalue weighted by molar-refractivity contribution is 0.0600. The van der Waals surface area contributed by atoms with E-state index in [1.54, 1.807) is 24.3 Å². The Balaban J connectivity index is 1.66. The lowest BCUT2D eigenvalue weighted by atomic mass is 9.98. The fourth-order valence-corrected chi connectivity index (χ4v) is 5.29. The van der Waals surface area contributed by atoms with Crippen LogP contribution in [0.1, 0.15) is 35.5 Å². The number of hydrogen-bond acceptors (Lipinski definition) is 7. The number of benzene rings is 2. The number of fused-ring (bicyclic) bond motifs is 3. The van der Waals surface area contributed by atoms with Crippen molar-refractivity contribution in [3.8, 4) is 16.9 Å². The zero-order chi connectivity index (χ0) is 25.9. The summed E-state index contributed by atoms with van der Waals surface area (Å²) < 4.78 is 57.6. The summed E-state index contributed by atoms with van der Waals surface area (Å²) in [5, 5.41) is 0. The summed E-state index contributed by atoms with van der Waals surface area (Å²) >= 11 is 0. The molecule has 2 aromatic carbocycles. The molecule has 1 aliphatic rings. The van der Waals surface area contributed by atoms with Gasteiger partial charge in [0.25, 0.3) is 10.0 Å². The summed E-state index contributed by atoms with van der Waals surface area (Å²) in [6.07, 6.45) is 4.82. The van der Waals surface area contributed by atoms with Gasteiger partial charge in [-0.05, 0) is 36.9 Å². The van der Waals surface area contributed by atoms with Crippen LogP contribution in [0.2, 0.25) is 0 Å². The number of rotatable bonds is 9. The first kappa shape index (κ1) is 25.5. The number of ether oxygens (including phenoxy) is 2. The highest BCUT2D eigenvalue weighted by Crippen LogP contribution is 2.43. The predicted molar refractivity (Wildman–Crippen MR) is 134 cm³/mol. The van der Waals surface area contributed by atoms with Crippen molar-refractivity contribution in [2.75, 3.05) is 31.3 Å². The fraction of sp³-hybridized carbons (Fsp3) is 0.269. The van der Waals surface area contributed by atoms with Gasteiger partial charge in [0.15, 0.2) is 0 Å². The Kier molecular flexibility index (Phi) is 7.46. The number of carbonyl (C=O) groups is 1. The Morgan fingerprint density at radius 1 is 1.17 bits per heavy atom. The molecule has 36 heavy (non-hydrogen) atoms. The van der Waals surface area contributed by atoms with Crippen LogP contribution in [-0.2, 0) is 21.4 Å². The molecule has 0 fully saturated rings. The van der Waals surface area contributed by atoms with Crippen LogP contribution in [0.5, 0.6) is 5.75 Å². The predicted octanol–water partition coefficient (Wildman–Crippen LogP) is 5.06. The molecule has 0 unspecified atom stereocenters. The van der Waals surface area contributed by atoms with Gasteiger partial charge in [-0.1, -0.05) is 53.2 Å². The second-order valence-corrected chi connectivity index (χ2v) is 9.76. The van der Waals surface area contributed by atoms with Crippen molar-refractivity contribution in [3.63, 3.8) is 0 Å². The topological polar surface area (TPSA) is 89.3 Å². The number of hydrogen-bond donors (Lipinski definition) is 0. The molecule has 0 atom stereocenters. The Morgan fingerprint density at radius 3 is 2.64 bits per heavy atom. The quantitative estimate of drug-likeness (QED) is 0.291. The average Bonchev–Trinajstić information content (AvgIpc) is 3.35. The Labute approximate surface area is 209 Å². The number of halogens is 1. The van der Waals surface area contributed by atoms with E-state index in [2.05, 4.69) is 4.90 Å². The van der Waals surface area contributed by atoms with Gasteiger partial charge < -0.3 is 18.8 Å². The van der Waals surface area contributed by atoms with Crippen molar-refractivity contribution in [3.05, 3.63) is 71.7 Å². The monoisotopic (exact) mass is 514 g/mol. The zero-order valence-corrected chi connectivity index (χ0v) is 21.0. The van der Waals surface area contributed by atoms with Crippen molar-refractivity contribution < 1.29 is 31.6 Å². The van der Waals surface area contributed by atoms with E-state index >= 15 is 4.48 Å². The molecule has 2 heterocycles. The minimum Gasteiger partial charge on any atom is -0.485 e. The molecule has 8 nitrogen and oxygen atoms in total. The van der Waals surface area contributed by atoms with E-state index in [4.69, 9.17) is 13.9 Å². The maximum atomic E-state index is 15.5. The Bertz CT molecular complexity index is 1400. The molecule has 10 heteroatoms. The third-order valence-electron chi connectivity index (χ3n) is 6.03. The molecular formula is C26H27FN2O6S. The molecule has 1 aliphatic heterocycles. The van der Waals surface area contributed by atoms with Crippen molar-refractivity contribution in [1.82, 2.24) is 4.90 Å². The first-order chi connectivity index (χ1) is 17.3. The van der Waals surface area contributed by atoms with Gasteiger partial charge in [0.2, 0.25) is 0 Å². The van der Waals surface area contributed by atoms with Crippen LogP contribution >= 0.6 is 0 Å². The van der Waals surface area contributed by atoms with Gasteiger partial charge in [-0.2, -0.15) is 8.42 Å². The molecule has 190 valence electrons. The van der Waals surface area contributed by atoms with Crippen LogP contribution in [0.3, 0.4) is 0 Å². The average molecular weight is 515 g/mol. The van der Waals surface area contributed by atoms with Crippen molar-refractivity contribution >= 4 is 27.8 Å². The van der Waals surface area contributed by atoms with Gasteiger partial charge in [0.1, 0.15) is 29.9 Å². The molecule has 0 aliphatic carbocycles. The number of carbonyl (C=O) groups excluding carboxylic acids is 1. The van der Waals surface area contributed by atoms with Crippen molar-refractivity contribution in [1.29, 1.82) is 0 Å². The smallest absolute Gasteiger partial charge is 0.341 e. The van der Waals surface area contributed by atoms with Gasteiger partial charge in [0, 0.05) is 23.7 Å². The molecule has 0 spiro atoms. The summed E-state index contributed by atoms with van der Waals surface area (Å²) in [5.41, 5.74) is 1.31. The lowest BCUT2D eigenvalue weighted by Crippen LogP contribution is -2.24. The van der Waals surface area contributed by atoms with Crippen molar-refractivity contribution in [2.45, 2.75) is 25.3 Å². The molecule has 1 aromatic heterocycles. The molecule has 3 aromatic rings. The van der Waals surface area contributed by atoms with E-state index < -0.39 is 16.0 Å². The van der Waals surface area contributed by atoms with E-state index in [-0.39, 0.29) is 33.0 Å². The molecule has 0 saturated carbocycles. The van der Waals surface area contributed by atoms with Crippen LogP contribution < -0.4 is 9.26 Å². The number of esters is 1. The van der Waals surface area contributed by atoms with Gasteiger partial charge >= 0.3 is 5.97 Å². The van der Waals surface area contributed by atoms with Gasteiger partial charge in [0.05, 0.1) is 17.7 Å². The number of methoxy groups -OCH3 is 1. The van der Waals surface area contributed by atoms with E-state index in [1.807, 2.05) is 19.9 Å². The van der Waals surface area contributed by atoms with Crippen LogP contribution in [-0.4, -0.2) is 46.0 Å². The number of likely N-dealkylation sites (N-methyl/N-ethyl adjacent to an activating group) is 1. The van der Waals surface area contributed by atoms with E-state index in [9.17, 15) is 13.2 Å². The largest absolute Gasteiger partial charge is 0.485 e. The third-order valence-corrected chi connectivity index (χ3v) is 7.59. The summed E-state index contributed by atoms with van der Waals surface area (Å²) in [4.78, 5) is 14.1. The zero-order valence-electron chi connectivity index (χ0n) is 20.2. The summed E-state index contributed by atoms with van der Waals surface area (Å²) in [7, 11) is -3.28.